The minimum absolute atomic E-state index is 0.193. The van der Waals surface area contributed by atoms with E-state index in [4.69, 9.17) is 15.6 Å². The van der Waals surface area contributed by atoms with Gasteiger partial charge in [0.15, 0.2) is 0 Å². The Hall–Kier alpha value is -2.86. The van der Waals surface area contributed by atoms with Crippen LogP contribution in [0.2, 0.25) is 0 Å². The Morgan fingerprint density at radius 2 is 1.67 bits per heavy atom. The zero-order valence-electron chi connectivity index (χ0n) is 13.1. The summed E-state index contributed by atoms with van der Waals surface area (Å²) in [6.45, 7) is 0.439. The van der Waals surface area contributed by atoms with Crippen molar-refractivity contribution in [2.45, 2.75) is 25.6 Å². The van der Waals surface area contributed by atoms with E-state index in [1.807, 2.05) is 42.5 Å². The Morgan fingerprint density at radius 1 is 1.04 bits per heavy atom. The molecular formula is C18H20N2O4. The molecule has 6 nitrogen and oxygen atoms in total. The van der Waals surface area contributed by atoms with Gasteiger partial charge in [0.05, 0.1) is 0 Å². The summed E-state index contributed by atoms with van der Waals surface area (Å²) in [6.07, 6.45) is -0.331. The average Bonchev–Trinajstić information content (AvgIpc) is 2.60. The summed E-state index contributed by atoms with van der Waals surface area (Å²) in [5.74, 6) is -1.06. The molecule has 2 aromatic carbocycles. The minimum atomic E-state index is -1.06. The lowest BCUT2D eigenvalue weighted by Gasteiger charge is -2.13. The highest BCUT2D eigenvalue weighted by Gasteiger charge is 2.14. The number of ether oxygens (including phenoxy) is 1. The van der Waals surface area contributed by atoms with Crippen LogP contribution in [0.15, 0.2) is 54.6 Å². The smallest absolute Gasteiger partial charge is 0.407 e. The van der Waals surface area contributed by atoms with Crippen LogP contribution in [-0.2, 0) is 29.1 Å². The molecule has 1 atom stereocenters. The lowest BCUT2D eigenvalue weighted by atomic mass is 10.0. The Balaban J connectivity index is 1.87. The molecule has 0 bridgehead atoms. The van der Waals surface area contributed by atoms with E-state index >= 15 is 0 Å². The number of nitrogens with two attached hydrogens (primary N) is 1. The van der Waals surface area contributed by atoms with Gasteiger partial charge in [-0.15, -0.1) is 0 Å². The molecule has 0 heterocycles. The number of carboxylic acid groups (broad SMARTS) is 1. The summed E-state index contributed by atoms with van der Waals surface area (Å²) >= 11 is 0. The van der Waals surface area contributed by atoms with Gasteiger partial charge >= 0.3 is 12.1 Å². The summed E-state index contributed by atoms with van der Waals surface area (Å²) in [5.41, 5.74) is 8.08. The van der Waals surface area contributed by atoms with Gasteiger partial charge in [0.2, 0.25) is 0 Å². The maximum atomic E-state index is 11.8. The summed E-state index contributed by atoms with van der Waals surface area (Å²) in [6, 6.07) is 15.7. The Morgan fingerprint density at radius 3 is 2.33 bits per heavy atom. The van der Waals surface area contributed by atoms with Gasteiger partial charge in [0.25, 0.3) is 0 Å². The first kappa shape index (κ1) is 17.5. The maximum Gasteiger partial charge on any atom is 0.407 e. The molecule has 1 unspecified atom stereocenters. The number of amides is 1. The molecule has 0 aliphatic heterocycles. The number of hydrogen-bond donors (Lipinski definition) is 3. The average molecular weight is 328 g/mol. The van der Waals surface area contributed by atoms with Crippen LogP contribution in [0, 0.1) is 0 Å². The Labute approximate surface area is 140 Å². The third-order valence-electron chi connectivity index (χ3n) is 3.51. The van der Waals surface area contributed by atoms with Crippen LogP contribution in [0.4, 0.5) is 4.79 Å². The van der Waals surface area contributed by atoms with Gasteiger partial charge in [0, 0.05) is 6.54 Å². The Bertz CT molecular complexity index is 688. The fourth-order valence-corrected chi connectivity index (χ4v) is 2.19. The van der Waals surface area contributed by atoms with E-state index < -0.39 is 18.1 Å². The van der Waals surface area contributed by atoms with Crippen molar-refractivity contribution in [1.82, 2.24) is 5.32 Å². The zero-order valence-corrected chi connectivity index (χ0v) is 13.1. The van der Waals surface area contributed by atoms with Gasteiger partial charge in [0.1, 0.15) is 12.6 Å². The predicted octanol–water partition coefficient (Wildman–Crippen LogP) is 2.07. The molecule has 6 heteroatoms. The number of nitrogens with one attached hydrogen (secondary N) is 1. The van der Waals surface area contributed by atoms with Crippen molar-refractivity contribution < 1.29 is 19.4 Å². The summed E-state index contributed by atoms with van der Waals surface area (Å²) in [4.78, 5) is 22.7. The van der Waals surface area contributed by atoms with E-state index in [0.717, 1.165) is 16.7 Å². The first-order valence-corrected chi connectivity index (χ1v) is 7.56. The molecule has 0 saturated carbocycles. The second-order valence-corrected chi connectivity index (χ2v) is 5.33. The molecule has 2 aromatic rings. The van der Waals surface area contributed by atoms with Gasteiger partial charge in [-0.1, -0.05) is 54.6 Å². The largest absolute Gasteiger partial charge is 0.480 e. The highest BCUT2D eigenvalue weighted by Crippen LogP contribution is 2.11. The highest BCUT2D eigenvalue weighted by molar-refractivity contribution is 5.73. The topological polar surface area (TPSA) is 102 Å². The number of aliphatic carboxylic acids is 1. The molecule has 0 spiro atoms. The van der Waals surface area contributed by atoms with Crippen molar-refractivity contribution in [3.63, 3.8) is 0 Å². The molecule has 1 amide bonds. The number of benzene rings is 2. The molecule has 0 aromatic heterocycles. The molecule has 0 radical (unpaired) electrons. The number of carbonyl (C=O) groups excluding carboxylic acids is 1. The predicted molar refractivity (Wildman–Crippen MR) is 89.2 cm³/mol. The fraction of sp³-hybridized carbons (Fsp3) is 0.222. The van der Waals surface area contributed by atoms with E-state index in [2.05, 4.69) is 5.32 Å². The summed E-state index contributed by atoms with van der Waals surface area (Å²) in [5, 5.41) is 11.6. The van der Waals surface area contributed by atoms with Crippen LogP contribution in [0.5, 0.6) is 0 Å². The minimum Gasteiger partial charge on any atom is -0.480 e. The lowest BCUT2D eigenvalue weighted by Crippen LogP contribution is -2.33. The van der Waals surface area contributed by atoms with Crippen LogP contribution >= 0.6 is 0 Å². The summed E-state index contributed by atoms with van der Waals surface area (Å²) in [7, 11) is 0. The monoisotopic (exact) mass is 328 g/mol. The van der Waals surface area contributed by atoms with Crippen LogP contribution in [0.1, 0.15) is 16.7 Å². The van der Waals surface area contributed by atoms with Gasteiger partial charge < -0.3 is 20.9 Å². The lowest BCUT2D eigenvalue weighted by molar-refractivity contribution is -0.138. The second-order valence-electron chi connectivity index (χ2n) is 5.33. The number of carboxylic acids is 1. The van der Waals surface area contributed by atoms with Gasteiger partial charge in [-0.3, -0.25) is 4.79 Å². The summed E-state index contributed by atoms with van der Waals surface area (Å²) < 4.78 is 5.14. The number of rotatable bonds is 7. The number of alkyl carbamates (subject to hydrolysis) is 1. The van der Waals surface area contributed by atoms with E-state index in [9.17, 15) is 9.59 Å². The molecule has 126 valence electrons. The van der Waals surface area contributed by atoms with Crippen molar-refractivity contribution >= 4 is 12.1 Å². The zero-order chi connectivity index (χ0) is 17.4. The molecule has 0 saturated heterocycles. The van der Waals surface area contributed by atoms with Gasteiger partial charge in [-0.05, 0) is 23.1 Å². The van der Waals surface area contributed by atoms with Crippen LogP contribution in [0.3, 0.4) is 0 Å². The third kappa shape index (κ3) is 5.40. The van der Waals surface area contributed by atoms with Crippen molar-refractivity contribution in [1.29, 1.82) is 0 Å². The van der Waals surface area contributed by atoms with Gasteiger partial charge in [-0.2, -0.15) is 0 Å². The van der Waals surface area contributed by atoms with E-state index in [1.165, 1.54) is 0 Å². The normalized spacial score (nSPS) is 11.5. The molecule has 0 aliphatic rings. The van der Waals surface area contributed by atoms with Gasteiger partial charge in [-0.25, -0.2) is 4.79 Å². The molecule has 24 heavy (non-hydrogen) atoms. The Kier molecular flexibility index (Phi) is 6.33. The van der Waals surface area contributed by atoms with Crippen molar-refractivity contribution in [2.75, 3.05) is 0 Å². The van der Waals surface area contributed by atoms with Crippen LogP contribution in [0.25, 0.3) is 0 Å². The molecule has 2 rings (SSSR count). The standard InChI is InChI=1S/C18H20N2O4/c19-16(17(21)22)10-14-8-4-5-9-15(14)11-20-18(23)24-12-13-6-2-1-3-7-13/h1-9,16H,10-12,19H2,(H,20,23)(H,21,22). The third-order valence-corrected chi connectivity index (χ3v) is 3.51. The first-order chi connectivity index (χ1) is 11.6. The molecule has 0 fully saturated rings. The highest BCUT2D eigenvalue weighted by atomic mass is 16.5. The fourth-order valence-electron chi connectivity index (χ4n) is 2.19. The van der Waals surface area contributed by atoms with Crippen molar-refractivity contribution in [2.24, 2.45) is 5.73 Å². The SMILES string of the molecule is NC(Cc1ccccc1CNC(=O)OCc1ccccc1)C(=O)O. The molecular weight excluding hydrogens is 308 g/mol. The van der Waals surface area contributed by atoms with E-state index in [1.54, 1.807) is 12.1 Å². The molecule has 4 N–H and O–H groups in total. The van der Waals surface area contributed by atoms with E-state index in [-0.39, 0.29) is 19.6 Å². The number of hydrogen-bond acceptors (Lipinski definition) is 4. The quantitative estimate of drug-likeness (QED) is 0.722. The number of carbonyl (C=O) groups is 2. The second kappa shape index (κ2) is 8.69. The molecule has 0 aliphatic carbocycles. The van der Waals surface area contributed by atoms with E-state index in [0.29, 0.717) is 0 Å². The van der Waals surface area contributed by atoms with Crippen molar-refractivity contribution in [3.05, 3.63) is 71.3 Å². The van der Waals surface area contributed by atoms with Crippen molar-refractivity contribution in [3.8, 4) is 0 Å². The first-order valence-electron chi connectivity index (χ1n) is 7.56. The van der Waals surface area contributed by atoms with Crippen LogP contribution < -0.4 is 11.1 Å². The van der Waals surface area contributed by atoms with Crippen LogP contribution in [-0.4, -0.2) is 23.2 Å². The maximum absolute atomic E-state index is 11.8.